The van der Waals surface area contributed by atoms with Gasteiger partial charge in [0.2, 0.25) is 0 Å². The average Bonchev–Trinajstić information content (AvgIpc) is 2.83. The first-order chi connectivity index (χ1) is 9.22. The van der Waals surface area contributed by atoms with E-state index in [4.69, 9.17) is 4.42 Å². The summed E-state index contributed by atoms with van der Waals surface area (Å²) in [5, 5.41) is 3.66. The molecule has 0 radical (unpaired) electrons. The van der Waals surface area contributed by atoms with E-state index in [0.29, 0.717) is 11.4 Å². The number of hydrogen-bond donors (Lipinski definition) is 1. The van der Waals surface area contributed by atoms with Crippen LogP contribution >= 0.6 is 0 Å². The molecule has 0 aliphatic rings. The van der Waals surface area contributed by atoms with E-state index < -0.39 is 0 Å². The van der Waals surface area contributed by atoms with Crippen LogP contribution in [0.3, 0.4) is 0 Å². The number of nitrogens with zero attached hydrogens (tertiary/aromatic N) is 1. The number of benzene rings is 1. The van der Waals surface area contributed by atoms with E-state index >= 15 is 0 Å². The molecule has 0 aliphatic heterocycles. The van der Waals surface area contributed by atoms with Crippen LogP contribution in [-0.4, -0.2) is 10.9 Å². The van der Waals surface area contributed by atoms with E-state index in [-0.39, 0.29) is 5.91 Å². The lowest BCUT2D eigenvalue weighted by Gasteiger charge is -2.00. The standard InChI is InChI=1S/C15H12N2O2/c1-10-4-5-11-8-14(19-13(11)7-10)15(18)17-12-3-2-6-16-9-12/h2-9H,1H3,(H,17,18). The summed E-state index contributed by atoms with van der Waals surface area (Å²) in [6, 6.07) is 11.1. The number of aryl methyl sites for hydroxylation is 1. The zero-order chi connectivity index (χ0) is 13.2. The normalized spacial score (nSPS) is 10.6. The number of carbonyl (C=O) groups is 1. The van der Waals surface area contributed by atoms with Gasteiger partial charge in [-0.25, -0.2) is 0 Å². The van der Waals surface area contributed by atoms with Gasteiger partial charge in [-0.05, 0) is 36.8 Å². The molecule has 1 aromatic carbocycles. The third kappa shape index (κ3) is 2.33. The first kappa shape index (κ1) is 11.5. The molecule has 1 amide bonds. The molecule has 0 saturated heterocycles. The second-order valence-electron chi connectivity index (χ2n) is 4.35. The highest BCUT2D eigenvalue weighted by atomic mass is 16.3. The van der Waals surface area contributed by atoms with E-state index in [9.17, 15) is 4.79 Å². The molecule has 0 bridgehead atoms. The Bertz CT molecular complexity index is 732. The lowest BCUT2D eigenvalue weighted by molar-refractivity contribution is 0.0998. The second kappa shape index (κ2) is 4.57. The number of pyridine rings is 1. The number of nitrogens with one attached hydrogen (secondary N) is 1. The summed E-state index contributed by atoms with van der Waals surface area (Å²) in [7, 11) is 0. The number of fused-ring (bicyclic) bond motifs is 1. The molecule has 94 valence electrons. The van der Waals surface area contributed by atoms with Gasteiger partial charge in [0.25, 0.3) is 5.91 Å². The van der Waals surface area contributed by atoms with Gasteiger partial charge >= 0.3 is 0 Å². The Morgan fingerprint density at radius 2 is 2.16 bits per heavy atom. The van der Waals surface area contributed by atoms with Crippen LogP contribution in [-0.2, 0) is 0 Å². The highest BCUT2D eigenvalue weighted by molar-refractivity contribution is 6.04. The summed E-state index contributed by atoms with van der Waals surface area (Å²) in [6.07, 6.45) is 3.24. The number of carbonyl (C=O) groups excluding carboxylic acids is 1. The summed E-state index contributed by atoms with van der Waals surface area (Å²) in [5.74, 6) is 0.0197. The summed E-state index contributed by atoms with van der Waals surface area (Å²) >= 11 is 0. The van der Waals surface area contributed by atoms with Crippen LogP contribution in [0, 0.1) is 6.92 Å². The van der Waals surface area contributed by atoms with Crippen molar-refractivity contribution in [3.05, 3.63) is 60.1 Å². The van der Waals surface area contributed by atoms with Gasteiger partial charge in [0.1, 0.15) is 5.58 Å². The number of furan rings is 1. The Morgan fingerprint density at radius 1 is 1.26 bits per heavy atom. The topological polar surface area (TPSA) is 55.1 Å². The first-order valence-corrected chi connectivity index (χ1v) is 5.94. The Labute approximate surface area is 110 Å². The van der Waals surface area contributed by atoms with Crippen molar-refractivity contribution >= 4 is 22.6 Å². The van der Waals surface area contributed by atoms with Gasteiger partial charge in [0.05, 0.1) is 11.9 Å². The molecule has 4 nitrogen and oxygen atoms in total. The molecule has 3 rings (SSSR count). The lowest BCUT2D eigenvalue weighted by Crippen LogP contribution is -2.10. The van der Waals surface area contributed by atoms with Gasteiger partial charge in [-0.2, -0.15) is 0 Å². The van der Waals surface area contributed by atoms with E-state index in [2.05, 4.69) is 10.3 Å². The molecule has 2 aromatic heterocycles. The van der Waals surface area contributed by atoms with Gasteiger partial charge in [-0.3, -0.25) is 9.78 Å². The minimum absolute atomic E-state index is 0.276. The van der Waals surface area contributed by atoms with E-state index in [1.54, 1.807) is 30.6 Å². The van der Waals surface area contributed by atoms with Crippen molar-refractivity contribution in [1.29, 1.82) is 0 Å². The molecule has 19 heavy (non-hydrogen) atoms. The maximum absolute atomic E-state index is 12.0. The first-order valence-electron chi connectivity index (χ1n) is 5.94. The van der Waals surface area contributed by atoms with E-state index in [1.807, 2.05) is 25.1 Å². The predicted molar refractivity (Wildman–Crippen MR) is 73.1 cm³/mol. The van der Waals surface area contributed by atoms with E-state index in [0.717, 1.165) is 16.5 Å². The molecule has 3 aromatic rings. The molecule has 0 saturated carbocycles. The minimum Gasteiger partial charge on any atom is -0.451 e. The van der Waals surface area contributed by atoms with Gasteiger partial charge in [0.15, 0.2) is 5.76 Å². The largest absolute Gasteiger partial charge is 0.451 e. The van der Waals surface area contributed by atoms with Gasteiger partial charge in [-0.15, -0.1) is 0 Å². The highest BCUT2D eigenvalue weighted by Crippen LogP contribution is 2.21. The zero-order valence-electron chi connectivity index (χ0n) is 10.4. The fourth-order valence-corrected chi connectivity index (χ4v) is 1.88. The summed E-state index contributed by atoms with van der Waals surface area (Å²) < 4.78 is 5.55. The molecule has 4 heteroatoms. The van der Waals surface area contributed by atoms with Crippen molar-refractivity contribution in [2.75, 3.05) is 5.32 Å². The van der Waals surface area contributed by atoms with Crippen molar-refractivity contribution in [3.8, 4) is 0 Å². The van der Waals surface area contributed by atoms with Crippen LogP contribution in [0.4, 0.5) is 5.69 Å². The number of amides is 1. The zero-order valence-corrected chi connectivity index (χ0v) is 10.4. The van der Waals surface area contributed by atoms with Crippen LogP contribution in [0.2, 0.25) is 0 Å². The van der Waals surface area contributed by atoms with Crippen LogP contribution in [0.15, 0.2) is 53.2 Å². The molecule has 0 unspecified atom stereocenters. The van der Waals surface area contributed by atoms with Crippen molar-refractivity contribution in [3.63, 3.8) is 0 Å². The van der Waals surface area contributed by atoms with Crippen LogP contribution < -0.4 is 5.32 Å². The van der Waals surface area contributed by atoms with Crippen molar-refractivity contribution in [2.45, 2.75) is 6.92 Å². The third-order valence-corrected chi connectivity index (χ3v) is 2.82. The number of hydrogen-bond acceptors (Lipinski definition) is 3. The Kier molecular flexibility index (Phi) is 2.76. The number of rotatable bonds is 2. The smallest absolute Gasteiger partial charge is 0.291 e. The maximum atomic E-state index is 12.0. The molecule has 0 atom stereocenters. The molecule has 0 aliphatic carbocycles. The maximum Gasteiger partial charge on any atom is 0.291 e. The van der Waals surface area contributed by atoms with E-state index in [1.165, 1.54) is 0 Å². The monoisotopic (exact) mass is 252 g/mol. The van der Waals surface area contributed by atoms with Gasteiger partial charge in [-0.1, -0.05) is 12.1 Å². The Balaban J connectivity index is 1.89. The fourth-order valence-electron chi connectivity index (χ4n) is 1.88. The molecular formula is C15H12N2O2. The summed E-state index contributed by atoms with van der Waals surface area (Å²) in [6.45, 7) is 1.98. The lowest BCUT2D eigenvalue weighted by atomic mass is 10.2. The quantitative estimate of drug-likeness (QED) is 0.760. The van der Waals surface area contributed by atoms with Gasteiger partial charge < -0.3 is 9.73 Å². The van der Waals surface area contributed by atoms with Crippen molar-refractivity contribution < 1.29 is 9.21 Å². The van der Waals surface area contributed by atoms with Crippen LogP contribution in [0.25, 0.3) is 11.0 Å². The molecule has 2 heterocycles. The fraction of sp³-hybridized carbons (Fsp3) is 0.0667. The molecular weight excluding hydrogens is 240 g/mol. The van der Waals surface area contributed by atoms with Crippen LogP contribution in [0.5, 0.6) is 0 Å². The van der Waals surface area contributed by atoms with Gasteiger partial charge in [0, 0.05) is 11.6 Å². The number of anilines is 1. The summed E-state index contributed by atoms with van der Waals surface area (Å²) in [4.78, 5) is 16.0. The predicted octanol–water partition coefficient (Wildman–Crippen LogP) is 3.39. The summed E-state index contributed by atoms with van der Waals surface area (Å²) in [5.41, 5.74) is 2.46. The second-order valence-corrected chi connectivity index (χ2v) is 4.35. The highest BCUT2D eigenvalue weighted by Gasteiger charge is 2.12. The third-order valence-electron chi connectivity index (χ3n) is 2.82. The molecule has 1 N–H and O–H groups in total. The Morgan fingerprint density at radius 3 is 2.95 bits per heavy atom. The van der Waals surface area contributed by atoms with Crippen LogP contribution in [0.1, 0.15) is 16.1 Å². The molecule has 0 spiro atoms. The minimum atomic E-state index is -0.276. The SMILES string of the molecule is Cc1ccc2cc(C(=O)Nc3cccnc3)oc2c1. The molecule has 0 fully saturated rings. The van der Waals surface area contributed by atoms with Crippen molar-refractivity contribution in [2.24, 2.45) is 0 Å². The van der Waals surface area contributed by atoms with Crippen molar-refractivity contribution in [1.82, 2.24) is 4.98 Å². The average molecular weight is 252 g/mol. The Hall–Kier alpha value is -2.62. The number of aromatic nitrogens is 1.